The van der Waals surface area contributed by atoms with Crippen LogP contribution >= 0.6 is 0 Å². The summed E-state index contributed by atoms with van der Waals surface area (Å²) in [7, 11) is 2.08. The van der Waals surface area contributed by atoms with Gasteiger partial charge in [0.05, 0.1) is 6.61 Å². The number of para-hydroxylation sites is 1. The van der Waals surface area contributed by atoms with Crippen LogP contribution in [0.2, 0.25) is 0 Å². The van der Waals surface area contributed by atoms with Crippen LogP contribution in [0.25, 0.3) is 0 Å². The Bertz CT molecular complexity index is 415. The van der Waals surface area contributed by atoms with Crippen LogP contribution in [-0.4, -0.2) is 39.4 Å². The van der Waals surface area contributed by atoms with Gasteiger partial charge < -0.3 is 15.0 Å². The van der Waals surface area contributed by atoms with Crippen LogP contribution in [0.5, 0.6) is 0 Å². The van der Waals surface area contributed by atoms with Crippen LogP contribution in [0.15, 0.2) is 24.3 Å². The summed E-state index contributed by atoms with van der Waals surface area (Å²) in [5, 5.41) is 3.50. The van der Waals surface area contributed by atoms with Crippen molar-refractivity contribution in [1.82, 2.24) is 5.32 Å². The highest BCUT2D eigenvalue weighted by Crippen LogP contribution is 2.28. The Morgan fingerprint density at radius 3 is 3.11 bits per heavy atom. The number of fused-ring (bicyclic) bond motifs is 1. The quantitative estimate of drug-likeness (QED) is 0.897. The van der Waals surface area contributed by atoms with Crippen LogP contribution in [0, 0.1) is 5.92 Å². The molecule has 1 N–H and O–H groups in total. The lowest BCUT2D eigenvalue weighted by Gasteiger charge is -2.35. The second kappa shape index (κ2) is 5.93. The van der Waals surface area contributed by atoms with Gasteiger partial charge in [0, 0.05) is 37.3 Å². The largest absolute Gasteiger partial charge is 0.381 e. The molecule has 2 aliphatic rings. The molecule has 0 radical (unpaired) electrons. The molecule has 3 nitrogen and oxygen atoms in total. The normalized spacial score (nSPS) is 24.3. The Morgan fingerprint density at radius 1 is 1.42 bits per heavy atom. The number of benzene rings is 1. The van der Waals surface area contributed by atoms with Gasteiger partial charge in [0.15, 0.2) is 0 Å². The molecule has 2 aliphatic heterocycles. The summed E-state index contributed by atoms with van der Waals surface area (Å²) in [5.74, 6) is 0.666. The molecule has 3 heteroatoms. The van der Waals surface area contributed by atoms with Gasteiger partial charge in [-0.05, 0) is 37.9 Å². The van der Waals surface area contributed by atoms with Crippen LogP contribution in [0.3, 0.4) is 0 Å². The zero-order valence-corrected chi connectivity index (χ0v) is 11.8. The number of aryl methyl sites for hydroxylation is 1. The van der Waals surface area contributed by atoms with Gasteiger partial charge in [0.1, 0.15) is 0 Å². The number of hydrogen-bond donors (Lipinski definition) is 1. The smallest absolute Gasteiger partial charge is 0.0510 e. The summed E-state index contributed by atoms with van der Waals surface area (Å²) in [6.45, 7) is 4.13. The van der Waals surface area contributed by atoms with Crippen LogP contribution in [-0.2, 0) is 11.2 Å². The van der Waals surface area contributed by atoms with Crippen molar-refractivity contribution >= 4 is 5.69 Å². The topological polar surface area (TPSA) is 24.5 Å². The Labute approximate surface area is 115 Å². The van der Waals surface area contributed by atoms with E-state index in [9.17, 15) is 0 Å². The summed E-state index contributed by atoms with van der Waals surface area (Å²) < 4.78 is 5.54. The molecule has 2 unspecified atom stereocenters. The standard InChI is InChI=1S/C16H24N2O/c1-17-15(14-8-10-19-12-14)11-18-9-4-6-13-5-2-3-7-16(13)18/h2-3,5,7,14-15,17H,4,6,8-12H2,1H3. The molecular weight excluding hydrogens is 236 g/mol. The monoisotopic (exact) mass is 260 g/mol. The second-order valence-electron chi connectivity index (χ2n) is 5.70. The van der Waals surface area contributed by atoms with Crippen LogP contribution in [0.4, 0.5) is 5.69 Å². The van der Waals surface area contributed by atoms with E-state index >= 15 is 0 Å². The third-order valence-corrected chi connectivity index (χ3v) is 4.53. The molecule has 1 fully saturated rings. The predicted molar refractivity (Wildman–Crippen MR) is 78.7 cm³/mol. The minimum Gasteiger partial charge on any atom is -0.381 e. The molecule has 2 heterocycles. The molecule has 0 bridgehead atoms. The second-order valence-corrected chi connectivity index (χ2v) is 5.70. The van der Waals surface area contributed by atoms with Crippen LogP contribution < -0.4 is 10.2 Å². The average molecular weight is 260 g/mol. The fourth-order valence-corrected chi connectivity index (χ4v) is 3.38. The molecular formula is C16H24N2O. The van der Waals surface area contributed by atoms with E-state index in [-0.39, 0.29) is 0 Å². The van der Waals surface area contributed by atoms with Crippen molar-refractivity contribution in [3.63, 3.8) is 0 Å². The molecule has 19 heavy (non-hydrogen) atoms. The minimum atomic E-state index is 0.536. The lowest BCUT2D eigenvalue weighted by molar-refractivity contribution is 0.178. The zero-order chi connectivity index (χ0) is 13.1. The first-order valence-corrected chi connectivity index (χ1v) is 7.46. The molecule has 3 rings (SSSR count). The highest BCUT2D eigenvalue weighted by molar-refractivity contribution is 5.55. The van der Waals surface area contributed by atoms with E-state index in [4.69, 9.17) is 4.74 Å². The maximum atomic E-state index is 5.54. The highest BCUT2D eigenvalue weighted by Gasteiger charge is 2.27. The molecule has 2 atom stereocenters. The number of hydrogen-bond acceptors (Lipinski definition) is 3. The van der Waals surface area contributed by atoms with Gasteiger partial charge in [0.25, 0.3) is 0 Å². The van der Waals surface area contributed by atoms with E-state index in [0.29, 0.717) is 12.0 Å². The Morgan fingerprint density at radius 2 is 2.32 bits per heavy atom. The number of ether oxygens (including phenoxy) is 1. The van der Waals surface area contributed by atoms with E-state index < -0.39 is 0 Å². The predicted octanol–water partition coefficient (Wildman–Crippen LogP) is 2.06. The molecule has 1 saturated heterocycles. The summed E-state index contributed by atoms with van der Waals surface area (Å²) in [6, 6.07) is 9.39. The maximum absolute atomic E-state index is 5.54. The van der Waals surface area contributed by atoms with E-state index in [1.807, 2.05) is 0 Å². The molecule has 0 aromatic heterocycles. The summed E-state index contributed by atoms with van der Waals surface area (Å²) >= 11 is 0. The lowest BCUT2D eigenvalue weighted by atomic mass is 9.96. The zero-order valence-electron chi connectivity index (χ0n) is 11.8. The SMILES string of the molecule is CNC(CN1CCCc2ccccc21)C1CCOC1. The number of likely N-dealkylation sites (N-methyl/N-ethyl adjacent to an activating group) is 1. The van der Waals surface area contributed by atoms with E-state index in [2.05, 4.69) is 41.5 Å². The van der Waals surface area contributed by atoms with Gasteiger partial charge in [0.2, 0.25) is 0 Å². The van der Waals surface area contributed by atoms with Crippen LogP contribution in [0.1, 0.15) is 18.4 Å². The summed E-state index contributed by atoms with van der Waals surface area (Å²) in [5.41, 5.74) is 2.94. The molecule has 0 amide bonds. The average Bonchev–Trinajstić information content (AvgIpc) is 2.99. The fourth-order valence-electron chi connectivity index (χ4n) is 3.38. The minimum absolute atomic E-state index is 0.536. The first-order valence-electron chi connectivity index (χ1n) is 7.46. The van der Waals surface area contributed by atoms with E-state index in [0.717, 1.165) is 19.8 Å². The fraction of sp³-hybridized carbons (Fsp3) is 0.625. The van der Waals surface area contributed by atoms with Crippen molar-refractivity contribution in [3.05, 3.63) is 29.8 Å². The number of rotatable bonds is 4. The van der Waals surface area contributed by atoms with E-state index in [1.54, 1.807) is 0 Å². The first-order chi connectivity index (χ1) is 9.38. The maximum Gasteiger partial charge on any atom is 0.0510 e. The van der Waals surface area contributed by atoms with Crippen molar-refractivity contribution in [1.29, 1.82) is 0 Å². The van der Waals surface area contributed by atoms with Crippen molar-refractivity contribution < 1.29 is 4.74 Å². The summed E-state index contributed by atoms with van der Waals surface area (Å²) in [6.07, 6.45) is 3.69. The third-order valence-electron chi connectivity index (χ3n) is 4.53. The van der Waals surface area contributed by atoms with Crippen molar-refractivity contribution in [2.24, 2.45) is 5.92 Å². The van der Waals surface area contributed by atoms with E-state index in [1.165, 1.54) is 37.1 Å². The first kappa shape index (κ1) is 12.9. The Kier molecular flexibility index (Phi) is 4.04. The molecule has 104 valence electrons. The number of anilines is 1. The third kappa shape index (κ3) is 2.77. The molecule has 0 spiro atoms. The highest BCUT2D eigenvalue weighted by atomic mass is 16.5. The van der Waals surface area contributed by atoms with Gasteiger partial charge in [-0.2, -0.15) is 0 Å². The van der Waals surface area contributed by atoms with Gasteiger partial charge >= 0.3 is 0 Å². The molecule has 1 aromatic carbocycles. The molecule has 0 saturated carbocycles. The van der Waals surface area contributed by atoms with Crippen molar-refractivity contribution in [2.75, 3.05) is 38.3 Å². The van der Waals surface area contributed by atoms with Gasteiger partial charge in [-0.15, -0.1) is 0 Å². The van der Waals surface area contributed by atoms with Gasteiger partial charge in [-0.3, -0.25) is 0 Å². The molecule has 1 aromatic rings. The summed E-state index contributed by atoms with van der Waals surface area (Å²) in [4.78, 5) is 2.55. The molecule has 0 aliphatic carbocycles. The number of nitrogens with zero attached hydrogens (tertiary/aromatic N) is 1. The van der Waals surface area contributed by atoms with Crippen molar-refractivity contribution in [2.45, 2.75) is 25.3 Å². The van der Waals surface area contributed by atoms with Gasteiger partial charge in [-0.1, -0.05) is 18.2 Å². The Hall–Kier alpha value is -1.06. The number of nitrogens with one attached hydrogen (secondary N) is 1. The Balaban J connectivity index is 1.72. The van der Waals surface area contributed by atoms with Crippen molar-refractivity contribution in [3.8, 4) is 0 Å². The lowest BCUT2D eigenvalue weighted by Crippen LogP contribution is -2.46. The van der Waals surface area contributed by atoms with Gasteiger partial charge in [-0.25, -0.2) is 0 Å².